The number of carboxylic acid groups (broad SMARTS) is 1. The Hall–Kier alpha value is -2.91. The van der Waals surface area contributed by atoms with Gasteiger partial charge in [-0.3, -0.25) is 9.69 Å². The molecule has 2 aliphatic rings. The molecule has 1 aromatic carbocycles. The molecule has 0 bridgehead atoms. The van der Waals surface area contributed by atoms with Gasteiger partial charge in [0.15, 0.2) is 0 Å². The van der Waals surface area contributed by atoms with Gasteiger partial charge in [0.05, 0.1) is 11.0 Å². The molecular formula is C25H31N3O3. The fourth-order valence-corrected chi connectivity index (χ4v) is 5.20. The van der Waals surface area contributed by atoms with E-state index in [0.717, 1.165) is 25.7 Å². The molecule has 164 valence electrons. The van der Waals surface area contributed by atoms with Gasteiger partial charge in [0.1, 0.15) is 0 Å². The molecule has 2 heterocycles. The van der Waals surface area contributed by atoms with E-state index in [0.29, 0.717) is 29.2 Å². The average molecular weight is 422 g/mol. The van der Waals surface area contributed by atoms with Crippen molar-refractivity contribution in [3.8, 4) is 12.8 Å². The largest absolute Gasteiger partial charge is 0.476 e. The van der Waals surface area contributed by atoms with Crippen LogP contribution in [-0.2, 0) is 0 Å². The molecule has 6 heteroatoms. The number of aromatic carboxylic acids is 1. The molecule has 0 radical (unpaired) electrons. The SMILES string of the molecule is C#C.CC1CC[C@@H](C[C@H](C)n2c(=O)c(C(=O)O)nc3ccccc32)N1C1C=CCCC1. The molecule has 4 rings (SSSR count). The van der Waals surface area contributed by atoms with Crippen LogP contribution in [0.3, 0.4) is 0 Å². The lowest BCUT2D eigenvalue weighted by Gasteiger charge is -2.37. The highest BCUT2D eigenvalue weighted by atomic mass is 16.4. The third kappa shape index (κ3) is 4.57. The molecule has 2 unspecified atom stereocenters. The summed E-state index contributed by atoms with van der Waals surface area (Å²) in [7, 11) is 0. The topological polar surface area (TPSA) is 75.4 Å². The molecule has 6 nitrogen and oxygen atoms in total. The summed E-state index contributed by atoms with van der Waals surface area (Å²) in [4.78, 5) is 31.3. The first-order chi connectivity index (χ1) is 15.0. The predicted molar refractivity (Wildman–Crippen MR) is 123 cm³/mol. The van der Waals surface area contributed by atoms with Crippen molar-refractivity contribution in [1.29, 1.82) is 0 Å². The Balaban J connectivity index is 0.00000132. The lowest BCUT2D eigenvalue weighted by atomic mass is 9.98. The van der Waals surface area contributed by atoms with Crippen LogP contribution in [-0.4, -0.2) is 43.7 Å². The first kappa shape index (κ1) is 22.8. The van der Waals surface area contributed by atoms with E-state index in [9.17, 15) is 14.7 Å². The van der Waals surface area contributed by atoms with Crippen LogP contribution in [0.25, 0.3) is 11.0 Å². The number of carbonyl (C=O) groups is 1. The summed E-state index contributed by atoms with van der Waals surface area (Å²) in [5.41, 5.74) is 0.328. The maximum Gasteiger partial charge on any atom is 0.360 e. The van der Waals surface area contributed by atoms with Crippen molar-refractivity contribution in [2.24, 2.45) is 0 Å². The third-order valence-electron chi connectivity index (χ3n) is 6.51. The first-order valence-corrected chi connectivity index (χ1v) is 11.0. The number of nitrogens with zero attached hydrogens (tertiary/aromatic N) is 3. The summed E-state index contributed by atoms with van der Waals surface area (Å²) in [6, 6.07) is 8.57. The number of carboxylic acids is 1. The standard InChI is InChI=1S/C23H29N3O3.C2H2/c1-15-12-13-18(25(15)17-8-4-3-5-9-17)14-16(2)26-20-11-7-6-10-19(20)24-21(22(26)27)23(28)29;1-2/h4,6-8,10-11,15-18H,3,5,9,12-14H2,1-2H3,(H,28,29);1-2H/t15?,16-,17?,18-;/m0./s1. The van der Waals surface area contributed by atoms with Crippen LogP contribution in [0.1, 0.15) is 68.9 Å². The number of hydrogen-bond donors (Lipinski definition) is 1. The molecule has 4 atom stereocenters. The lowest BCUT2D eigenvalue weighted by molar-refractivity contribution is 0.0687. The number of rotatable bonds is 5. The summed E-state index contributed by atoms with van der Waals surface area (Å²) in [6.07, 6.45) is 19.3. The second-order valence-corrected chi connectivity index (χ2v) is 8.47. The summed E-state index contributed by atoms with van der Waals surface area (Å²) in [5.74, 6) is -1.27. The number of allylic oxidation sites excluding steroid dienone is 1. The van der Waals surface area contributed by atoms with Crippen molar-refractivity contribution >= 4 is 17.0 Å². The van der Waals surface area contributed by atoms with Crippen molar-refractivity contribution in [3.05, 3.63) is 52.5 Å². The van der Waals surface area contributed by atoms with Gasteiger partial charge >= 0.3 is 5.97 Å². The minimum Gasteiger partial charge on any atom is -0.476 e. The van der Waals surface area contributed by atoms with Crippen LogP contribution in [0.15, 0.2) is 41.2 Å². The van der Waals surface area contributed by atoms with Gasteiger partial charge in [-0.1, -0.05) is 24.3 Å². The Kier molecular flexibility index (Phi) is 7.29. The summed E-state index contributed by atoms with van der Waals surface area (Å²) >= 11 is 0. The number of aromatic nitrogens is 2. The maximum absolute atomic E-state index is 13.0. The van der Waals surface area contributed by atoms with E-state index in [1.54, 1.807) is 10.6 Å². The highest BCUT2D eigenvalue weighted by Gasteiger charge is 2.36. The van der Waals surface area contributed by atoms with Crippen molar-refractivity contribution in [2.75, 3.05) is 0 Å². The van der Waals surface area contributed by atoms with E-state index in [4.69, 9.17) is 0 Å². The van der Waals surface area contributed by atoms with Crippen LogP contribution >= 0.6 is 0 Å². The van der Waals surface area contributed by atoms with Gasteiger partial charge in [-0.15, -0.1) is 12.8 Å². The predicted octanol–water partition coefficient (Wildman–Crippen LogP) is 4.26. The summed E-state index contributed by atoms with van der Waals surface area (Å²) < 4.78 is 1.64. The molecule has 0 spiro atoms. The van der Waals surface area contributed by atoms with Gasteiger partial charge in [-0.2, -0.15) is 0 Å². The lowest BCUT2D eigenvalue weighted by Crippen LogP contribution is -2.44. The van der Waals surface area contributed by atoms with Crippen molar-refractivity contribution in [3.63, 3.8) is 0 Å². The fraction of sp³-hybridized carbons (Fsp3) is 0.480. The van der Waals surface area contributed by atoms with E-state index >= 15 is 0 Å². The maximum atomic E-state index is 13.0. The van der Waals surface area contributed by atoms with Gasteiger partial charge in [-0.05, 0) is 64.5 Å². The second-order valence-electron chi connectivity index (χ2n) is 8.47. The number of hydrogen-bond acceptors (Lipinski definition) is 4. The molecule has 1 aliphatic heterocycles. The van der Waals surface area contributed by atoms with E-state index in [1.165, 1.54) is 12.8 Å². The van der Waals surface area contributed by atoms with Crippen LogP contribution in [0.4, 0.5) is 0 Å². The molecular weight excluding hydrogens is 390 g/mol. The third-order valence-corrected chi connectivity index (χ3v) is 6.51. The van der Waals surface area contributed by atoms with Gasteiger partial charge in [0.2, 0.25) is 5.69 Å². The van der Waals surface area contributed by atoms with E-state index < -0.39 is 17.2 Å². The first-order valence-electron chi connectivity index (χ1n) is 11.0. The molecule has 1 aromatic heterocycles. The zero-order valence-electron chi connectivity index (χ0n) is 18.3. The molecule has 1 saturated heterocycles. The van der Waals surface area contributed by atoms with Crippen molar-refractivity contribution < 1.29 is 9.90 Å². The van der Waals surface area contributed by atoms with E-state index in [-0.39, 0.29) is 6.04 Å². The van der Waals surface area contributed by atoms with Crippen LogP contribution < -0.4 is 5.56 Å². The zero-order chi connectivity index (χ0) is 22.5. The van der Waals surface area contributed by atoms with Crippen molar-refractivity contribution in [2.45, 2.75) is 76.5 Å². The zero-order valence-corrected chi connectivity index (χ0v) is 18.3. The minimum atomic E-state index is -1.27. The monoisotopic (exact) mass is 421 g/mol. The Morgan fingerprint density at radius 1 is 1.26 bits per heavy atom. The number of benzene rings is 1. The number of likely N-dealkylation sites (tertiary alicyclic amines) is 1. The molecule has 2 aromatic rings. The Morgan fingerprint density at radius 2 is 2.00 bits per heavy atom. The number of terminal acetylenes is 1. The number of fused-ring (bicyclic) bond motifs is 1. The Morgan fingerprint density at radius 3 is 2.68 bits per heavy atom. The van der Waals surface area contributed by atoms with Gasteiger partial charge < -0.3 is 9.67 Å². The molecule has 1 N–H and O–H groups in total. The van der Waals surface area contributed by atoms with Crippen LogP contribution in [0.2, 0.25) is 0 Å². The second kappa shape index (κ2) is 9.93. The quantitative estimate of drug-likeness (QED) is 0.577. The Labute approximate surface area is 183 Å². The van der Waals surface area contributed by atoms with Gasteiger partial charge in [-0.25, -0.2) is 9.78 Å². The Bertz CT molecular complexity index is 1040. The molecule has 0 saturated carbocycles. The van der Waals surface area contributed by atoms with Crippen LogP contribution in [0.5, 0.6) is 0 Å². The molecule has 0 amide bonds. The van der Waals surface area contributed by atoms with Crippen molar-refractivity contribution in [1.82, 2.24) is 14.5 Å². The number of para-hydroxylation sites is 2. The summed E-state index contributed by atoms with van der Waals surface area (Å²) in [6.45, 7) is 4.32. The molecule has 1 fully saturated rings. The average Bonchev–Trinajstić information content (AvgIpc) is 3.14. The smallest absolute Gasteiger partial charge is 0.360 e. The normalized spacial score (nSPS) is 24.5. The summed E-state index contributed by atoms with van der Waals surface area (Å²) in [5, 5.41) is 9.47. The highest BCUT2D eigenvalue weighted by Crippen LogP contribution is 2.34. The highest BCUT2D eigenvalue weighted by molar-refractivity contribution is 5.88. The molecule has 31 heavy (non-hydrogen) atoms. The van der Waals surface area contributed by atoms with E-state index in [2.05, 4.69) is 41.8 Å². The van der Waals surface area contributed by atoms with Gasteiger partial charge in [0.25, 0.3) is 5.56 Å². The van der Waals surface area contributed by atoms with Gasteiger partial charge in [0, 0.05) is 24.2 Å². The molecule has 1 aliphatic carbocycles. The van der Waals surface area contributed by atoms with E-state index in [1.807, 2.05) is 25.1 Å². The fourth-order valence-electron chi connectivity index (χ4n) is 5.20. The van der Waals surface area contributed by atoms with Crippen LogP contribution in [0, 0.1) is 12.8 Å². The minimum absolute atomic E-state index is 0.112.